The predicted molar refractivity (Wildman–Crippen MR) is 131 cm³/mol. The van der Waals surface area contributed by atoms with Gasteiger partial charge in [-0.05, 0) is 41.1 Å². The molecule has 34 heavy (non-hydrogen) atoms. The van der Waals surface area contributed by atoms with E-state index >= 15 is 0 Å². The van der Waals surface area contributed by atoms with Gasteiger partial charge in [-0.1, -0.05) is 23.5 Å². The minimum absolute atomic E-state index is 0.110. The zero-order chi connectivity index (χ0) is 24.5. The molecule has 1 amide bonds. The summed E-state index contributed by atoms with van der Waals surface area (Å²) < 4.78 is 54.1. The van der Waals surface area contributed by atoms with Crippen molar-refractivity contribution in [1.82, 2.24) is 4.98 Å². The van der Waals surface area contributed by atoms with Gasteiger partial charge in [0.05, 0.1) is 22.3 Å². The van der Waals surface area contributed by atoms with Crippen LogP contribution in [0.3, 0.4) is 0 Å². The molecule has 3 aromatic heterocycles. The summed E-state index contributed by atoms with van der Waals surface area (Å²) in [4.78, 5) is 26.8. The normalized spacial score (nSPS) is 12.0. The van der Waals surface area contributed by atoms with Gasteiger partial charge in [-0.15, -0.1) is 22.7 Å². The molecule has 4 aromatic rings. The first-order valence-corrected chi connectivity index (χ1v) is 14.8. The molecule has 0 saturated carbocycles. The summed E-state index contributed by atoms with van der Waals surface area (Å²) >= 11 is 2.80. The van der Waals surface area contributed by atoms with Crippen molar-refractivity contribution in [1.29, 1.82) is 0 Å². The van der Waals surface area contributed by atoms with Gasteiger partial charge in [-0.2, -0.15) is 20.5 Å². The minimum atomic E-state index is -4.46. The van der Waals surface area contributed by atoms with E-state index in [-0.39, 0.29) is 32.1 Å². The van der Waals surface area contributed by atoms with E-state index in [0.29, 0.717) is 13.9 Å². The molecule has 0 fully saturated rings. The zero-order valence-electron chi connectivity index (χ0n) is 16.9. The fourth-order valence-corrected chi connectivity index (χ4v) is 9.85. The van der Waals surface area contributed by atoms with Crippen molar-refractivity contribution < 1.29 is 31.5 Å². The molecule has 1 aromatic carbocycles. The van der Waals surface area contributed by atoms with Gasteiger partial charge in [0.1, 0.15) is 8.42 Å². The highest BCUT2D eigenvalue weighted by atomic mass is 32.3. The average Bonchev–Trinajstić information content (AvgIpc) is 3.53. The van der Waals surface area contributed by atoms with Crippen LogP contribution < -0.4 is 9.03 Å². The molecular formula is C19H15N3O7S5. The molecule has 0 unspecified atom stereocenters. The third-order valence-electron chi connectivity index (χ3n) is 4.33. The molecule has 4 rings (SSSR count). The Kier molecular flexibility index (Phi) is 6.73. The predicted octanol–water partition coefficient (Wildman–Crippen LogP) is 3.81. The second-order valence-electron chi connectivity index (χ2n) is 6.68. The largest absolute Gasteiger partial charge is 0.481 e. The first-order chi connectivity index (χ1) is 16.1. The maximum Gasteiger partial charge on any atom is 0.303 e. The number of sulfonamides is 2. The SMILES string of the molecule is O=C(O)CCC(=O)Nc1nc2ccc(N(S(=O)(=O)c3cccs3)S(=O)(=O)c3cccs3)cc2s1. The van der Waals surface area contributed by atoms with Crippen molar-refractivity contribution in [3.05, 3.63) is 53.2 Å². The Labute approximate surface area is 206 Å². The molecule has 0 radical (unpaired) electrons. The maximum absolute atomic E-state index is 13.4. The number of nitrogens with zero attached hydrogens (tertiary/aromatic N) is 2. The van der Waals surface area contributed by atoms with Crippen LogP contribution >= 0.6 is 34.0 Å². The van der Waals surface area contributed by atoms with Crippen LogP contribution in [0.1, 0.15) is 12.8 Å². The molecule has 10 nitrogen and oxygen atoms in total. The van der Waals surface area contributed by atoms with Crippen LogP contribution in [-0.2, 0) is 29.6 Å². The van der Waals surface area contributed by atoms with E-state index in [4.69, 9.17) is 5.11 Å². The molecule has 0 atom stereocenters. The smallest absolute Gasteiger partial charge is 0.303 e. The van der Waals surface area contributed by atoms with E-state index in [2.05, 4.69) is 10.3 Å². The second kappa shape index (κ2) is 9.42. The van der Waals surface area contributed by atoms with Gasteiger partial charge in [-0.3, -0.25) is 9.59 Å². The Morgan fingerprint density at radius 3 is 2.09 bits per heavy atom. The second-order valence-corrected chi connectivity index (χ2v) is 13.9. The highest BCUT2D eigenvalue weighted by Crippen LogP contribution is 2.37. The van der Waals surface area contributed by atoms with Crippen LogP contribution in [0.25, 0.3) is 10.2 Å². The number of amides is 1. The van der Waals surface area contributed by atoms with Crippen molar-refractivity contribution in [2.24, 2.45) is 0 Å². The minimum Gasteiger partial charge on any atom is -0.481 e. The number of thiazole rings is 1. The summed E-state index contributed by atoms with van der Waals surface area (Å²) in [5, 5.41) is 14.4. The lowest BCUT2D eigenvalue weighted by atomic mass is 10.3. The van der Waals surface area contributed by atoms with Gasteiger partial charge < -0.3 is 10.4 Å². The van der Waals surface area contributed by atoms with E-state index in [0.717, 1.165) is 34.0 Å². The Morgan fingerprint density at radius 2 is 1.56 bits per heavy atom. The Bertz CT molecular complexity index is 1490. The summed E-state index contributed by atoms with van der Waals surface area (Å²) in [7, 11) is -8.92. The lowest BCUT2D eigenvalue weighted by Crippen LogP contribution is -2.36. The number of benzene rings is 1. The fraction of sp³-hybridized carbons (Fsp3) is 0.105. The van der Waals surface area contributed by atoms with E-state index in [1.165, 1.54) is 53.2 Å². The summed E-state index contributed by atoms with van der Waals surface area (Å²) in [6.07, 6.45) is -0.570. The zero-order valence-corrected chi connectivity index (χ0v) is 21.0. The first-order valence-electron chi connectivity index (χ1n) is 9.39. The number of rotatable bonds is 9. The summed E-state index contributed by atoms with van der Waals surface area (Å²) in [6.45, 7) is 0. The molecule has 0 bridgehead atoms. The molecule has 0 aliphatic rings. The van der Waals surface area contributed by atoms with Crippen molar-refractivity contribution in [3.63, 3.8) is 0 Å². The lowest BCUT2D eigenvalue weighted by molar-refractivity contribution is -0.138. The number of thiophene rings is 2. The molecule has 15 heteroatoms. The molecule has 178 valence electrons. The van der Waals surface area contributed by atoms with E-state index in [1.54, 1.807) is 0 Å². The van der Waals surface area contributed by atoms with Crippen molar-refractivity contribution >= 4 is 87.0 Å². The number of hydrogen-bond donors (Lipinski definition) is 2. The Hall–Kier alpha value is -2.85. The number of hydrogen-bond acceptors (Lipinski definition) is 10. The van der Waals surface area contributed by atoms with Crippen molar-refractivity contribution in [2.45, 2.75) is 21.3 Å². The number of aliphatic carboxylic acids is 1. The van der Waals surface area contributed by atoms with Crippen LogP contribution in [0.2, 0.25) is 0 Å². The van der Waals surface area contributed by atoms with Gasteiger partial charge in [0.2, 0.25) is 5.91 Å². The van der Waals surface area contributed by atoms with E-state index in [1.807, 2.05) is 0 Å². The highest BCUT2D eigenvalue weighted by Gasteiger charge is 2.38. The first kappa shape index (κ1) is 24.3. The quantitative estimate of drug-likeness (QED) is 0.315. The molecule has 0 saturated heterocycles. The van der Waals surface area contributed by atoms with Gasteiger partial charge in [0.15, 0.2) is 5.13 Å². The van der Waals surface area contributed by atoms with Gasteiger partial charge >= 0.3 is 5.97 Å². The number of anilines is 2. The average molecular weight is 558 g/mol. The highest BCUT2D eigenvalue weighted by molar-refractivity contribution is 8.11. The van der Waals surface area contributed by atoms with Gasteiger partial charge in [0.25, 0.3) is 20.0 Å². The molecule has 2 N–H and O–H groups in total. The molecular weight excluding hydrogens is 543 g/mol. The monoisotopic (exact) mass is 557 g/mol. The third kappa shape index (κ3) is 4.83. The molecule has 0 aliphatic heterocycles. The number of fused-ring (bicyclic) bond motifs is 1. The number of carboxylic acid groups (broad SMARTS) is 1. The van der Waals surface area contributed by atoms with Crippen LogP contribution in [0.15, 0.2) is 61.6 Å². The Morgan fingerprint density at radius 1 is 0.941 bits per heavy atom. The van der Waals surface area contributed by atoms with E-state index in [9.17, 15) is 26.4 Å². The third-order valence-corrected chi connectivity index (χ3v) is 12.2. The number of carbonyl (C=O) groups is 2. The van der Waals surface area contributed by atoms with Crippen molar-refractivity contribution in [3.8, 4) is 0 Å². The van der Waals surface area contributed by atoms with Gasteiger partial charge in [-0.25, -0.2) is 4.98 Å². The molecule has 0 aliphatic carbocycles. The van der Waals surface area contributed by atoms with Crippen LogP contribution in [0.5, 0.6) is 0 Å². The summed E-state index contributed by atoms with van der Waals surface area (Å²) in [6, 6.07) is 9.83. The number of carbonyl (C=O) groups excluding carboxylic acids is 1. The van der Waals surface area contributed by atoms with Crippen molar-refractivity contribution in [2.75, 3.05) is 9.03 Å². The van der Waals surface area contributed by atoms with Crippen LogP contribution in [-0.4, -0.2) is 38.8 Å². The van der Waals surface area contributed by atoms with Crippen LogP contribution in [0.4, 0.5) is 10.8 Å². The topological polar surface area (TPSA) is 151 Å². The molecule has 3 heterocycles. The summed E-state index contributed by atoms with van der Waals surface area (Å²) in [5.41, 5.74) is 0.297. The fourth-order valence-electron chi connectivity index (χ4n) is 2.87. The molecule has 0 spiro atoms. The maximum atomic E-state index is 13.4. The summed E-state index contributed by atoms with van der Waals surface area (Å²) in [5.74, 6) is -1.65. The lowest BCUT2D eigenvalue weighted by Gasteiger charge is -2.22. The van der Waals surface area contributed by atoms with Crippen LogP contribution in [0, 0.1) is 0 Å². The Balaban J connectivity index is 1.76. The number of aromatic nitrogens is 1. The standard InChI is InChI=1S/C19H15N3O7S5/c23-15(7-8-16(24)25)21-19-20-13-6-5-12(11-14(13)32-19)22(33(26,27)17-3-1-9-30-17)34(28,29)18-4-2-10-31-18/h1-6,9-11H,7-8H2,(H,24,25)(H,20,21,23). The van der Waals surface area contributed by atoms with Gasteiger partial charge in [0, 0.05) is 6.42 Å². The number of carboxylic acids is 1. The number of nitrogens with one attached hydrogen (secondary N) is 1. The van der Waals surface area contributed by atoms with E-state index < -0.39 is 31.9 Å².